The lowest BCUT2D eigenvalue weighted by atomic mass is 10.2. The largest absolute Gasteiger partial charge is 0.383 e. The van der Waals surface area contributed by atoms with Crippen molar-refractivity contribution in [2.75, 3.05) is 30.9 Å². The highest BCUT2D eigenvalue weighted by atomic mass is 32.2. The summed E-state index contributed by atoms with van der Waals surface area (Å²) in [5, 5.41) is 9.36. The molecule has 8 heteroatoms. The quantitative estimate of drug-likeness (QED) is 0.502. The van der Waals surface area contributed by atoms with Crippen LogP contribution in [0.2, 0.25) is 0 Å². The molecule has 0 unspecified atom stereocenters. The number of methoxy groups -OCH3 is 1. The number of pyridine rings is 1. The molecule has 2 heterocycles. The van der Waals surface area contributed by atoms with E-state index in [4.69, 9.17) is 4.74 Å². The Kier molecular flexibility index (Phi) is 7.37. The van der Waals surface area contributed by atoms with Gasteiger partial charge in [-0.15, -0.1) is 10.2 Å². The van der Waals surface area contributed by atoms with Gasteiger partial charge in [0.2, 0.25) is 5.91 Å². The lowest BCUT2D eigenvalue weighted by Crippen LogP contribution is -2.32. The molecule has 0 fully saturated rings. The van der Waals surface area contributed by atoms with E-state index in [1.165, 1.54) is 11.8 Å². The standard InChI is InChI=1S/C21H25N5O2S/c1-4-25(18-8-6-5-7-16(18)2)19(27)15-29-21-24-23-20(26(21)13-14-28-3)17-9-11-22-12-10-17/h5-12H,4,13-15H2,1-3H3. The SMILES string of the molecule is CCN(C(=O)CSc1nnc(-c2ccncc2)n1CCOC)c1ccccc1C. The highest BCUT2D eigenvalue weighted by molar-refractivity contribution is 7.99. The second-order valence-corrected chi connectivity index (χ2v) is 7.34. The van der Waals surface area contributed by atoms with Crippen LogP contribution in [0.25, 0.3) is 11.4 Å². The third-order valence-corrected chi connectivity index (χ3v) is 5.47. The van der Waals surface area contributed by atoms with Gasteiger partial charge in [-0.2, -0.15) is 0 Å². The molecule has 2 aromatic heterocycles. The molecule has 0 N–H and O–H groups in total. The lowest BCUT2D eigenvalue weighted by Gasteiger charge is -2.22. The molecule has 0 aliphatic carbocycles. The van der Waals surface area contributed by atoms with E-state index in [-0.39, 0.29) is 11.7 Å². The number of hydrogen-bond acceptors (Lipinski definition) is 6. The number of carbonyl (C=O) groups excluding carboxylic acids is 1. The Hall–Kier alpha value is -2.71. The summed E-state index contributed by atoms with van der Waals surface area (Å²) in [7, 11) is 1.66. The third-order valence-electron chi connectivity index (χ3n) is 4.52. The van der Waals surface area contributed by atoms with Gasteiger partial charge in [-0.1, -0.05) is 30.0 Å². The number of ether oxygens (including phenoxy) is 1. The predicted octanol–water partition coefficient (Wildman–Crippen LogP) is 3.44. The molecule has 29 heavy (non-hydrogen) atoms. The average molecular weight is 412 g/mol. The van der Waals surface area contributed by atoms with Crippen LogP contribution in [0.5, 0.6) is 0 Å². The molecule has 0 atom stereocenters. The maximum Gasteiger partial charge on any atom is 0.237 e. The first-order valence-electron chi connectivity index (χ1n) is 9.47. The fraction of sp³-hybridized carbons (Fsp3) is 0.333. The first-order valence-corrected chi connectivity index (χ1v) is 10.5. The second-order valence-electron chi connectivity index (χ2n) is 6.40. The van der Waals surface area contributed by atoms with Crippen LogP contribution in [0.4, 0.5) is 5.69 Å². The zero-order valence-corrected chi connectivity index (χ0v) is 17.7. The van der Waals surface area contributed by atoms with Gasteiger partial charge in [0.15, 0.2) is 11.0 Å². The fourth-order valence-electron chi connectivity index (χ4n) is 3.05. The highest BCUT2D eigenvalue weighted by Gasteiger charge is 2.19. The molecular weight excluding hydrogens is 386 g/mol. The van der Waals surface area contributed by atoms with Gasteiger partial charge in [-0.25, -0.2) is 0 Å². The fourth-order valence-corrected chi connectivity index (χ4v) is 3.89. The summed E-state index contributed by atoms with van der Waals surface area (Å²) < 4.78 is 7.23. The molecule has 3 rings (SSSR count). The topological polar surface area (TPSA) is 73.1 Å². The average Bonchev–Trinajstić information content (AvgIpc) is 3.16. The summed E-state index contributed by atoms with van der Waals surface area (Å²) in [5.41, 5.74) is 2.95. The molecule has 1 aromatic carbocycles. The summed E-state index contributed by atoms with van der Waals surface area (Å²) in [6.45, 7) is 5.75. The number of aryl methyl sites for hydroxylation is 1. The first kappa shape index (κ1) is 21.0. The highest BCUT2D eigenvalue weighted by Crippen LogP contribution is 2.25. The number of rotatable bonds is 9. The van der Waals surface area contributed by atoms with Crippen molar-refractivity contribution in [3.63, 3.8) is 0 Å². The van der Waals surface area contributed by atoms with Gasteiger partial charge in [0.25, 0.3) is 0 Å². The van der Waals surface area contributed by atoms with Crippen molar-refractivity contribution >= 4 is 23.4 Å². The first-order chi connectivity index (χ1) is 14.2. The predicted molar refractivity (Wildman–Crippen MR) is 115 cm³/mol. The normalized spacial score (nSPS) is 10.9. The summed E-state index contributed by atoms with van der Waals surface area (Å²) in [6, 6.07) is 11.7. The van der Waals surface area contributed by atoms with Crippen LogP contribution in [-0.4, -0.2) is 51.7 Å². The molecule has 1 amide bonds. The van der Waals surface area contributed by atoms with Crippen molar-refractivity contribution < 1.29 is 9.53 Å². The van der Waals surface area contributed by atoms with E-state index in [0.717, 1.165) is 22.6 Å². The Morgan fingerprint density at radius 1 is 1.17 bits per heavy atom. The molecule has 0 spiro atoms. The minimum atomic E-state index is 0.0403. The molecule has 0 bridgehead atoms. The third kappa shape index (κ3) is 5.02. The number of nitrogens with zero attached hydrogens (tertiary/aromatic N) is 5. The van der Waals surface area contributed by atoms with Gasteiger partial charge in [0.05, 0.1) is 18.9 Å². The van der Waals surface area contributed by atoms with Gasteiger partial charge >= 0.3 is 0 Å². The maximum atomic E-state index is 12.9. The number of thioether (sulfide) groups is 1. The molecule has 0 aliphatic rings. The van der Waals surface area contributed by atoms with Crippen LogP contribution in [-0.2, 0) is 16.1 Å². The minimum absolute atomic E-state index is 0.0403. The van der Waals surface area contributed by atoms with Crippen LogP contribution in [0, 0.1) is 6.92 Å². The Balaban J connectivity index is 1.78. The number of benzene rings is 1. The van der Waals surface area contributed by atoms with Gasteiger partial charge in [0, 0.05) is 37.3 Å². The zero-order chi connectivity index (χ0) is 20.6. The van der Waals surface area contributed by atoms with Crippen molar-refractivity contribution in [2.24, 2.45) is 0 Å². The van der Waals surface area contributed by atoms with Crippen molar-refractivity contribution in [1.82, 2.24) is 19.7 Å². The molecule has 152 valence electrons. The Morgan fingerprint density at radius 3 is 2.62 bits per heavy atom. The molecule has 0 saturated carbocycles. The number of aromatic nitrogens is 4. The molecule has 3 aromatic rings. The lowest BCUT2D eigenvalue weighted by molar-refractivity contribution is -0.116. The van der Waals surface area contributed by atoms with Crippen LogP contribution < -0.4 is 4.90 Å². The number of anilines is 1. The van der Waals surface area contributed by atoms with Crippen LogP contribution in [0.3, 0.4) is 0 Å². The summed E-state index contributed by atoms with van der Waals surface area (Å²) >= 11 is 1.39. The Morgan fingerprint density at radius 2 is 1.93 bits per heavy atom. The monoisotopic (exact) mass is 411 g/mol. The van der Waals surface area contributed by atoms with E-state index < -0.39 is 0 Å². The van der Waals surface area contributed by atoms with Crippen LogP contribution in [0.1, 0.15) is 12.5 Å². The summed E-state index contributed by atoms with van der Waals surface area (Å²) in [5.74, 6) is 1.06. The maximum absolute atomic E-state index is 12.9. The minimum Gasteiger partial charge on any atom is -0.383 e. The van der Waals surface area contributed by atoms with E-state index in [2.05, 4.69) is 15.2 Å². The van der Waals surface area contributed by atoms with Gasteiger partial charge in [-0.3, -0.25) is 14.3 Å². The molecular formula is C21H25N5O2S. The van der Waals surface area contributed by atoms with Crippen LogP contribution in [0.15, 0.2) is 53.9 Å². The van der Waals surface area contributed by atoms with E-state index in [1.54, 1.807) is 19.5 Å². The van der Waals surface area contributed by atoms with E-state index in [9.17, 15) is 4.79 Å². The number of amides is 1. The summed E-state index contributed by atoms with van der Waals surface area (Å²) in [4.78, 5) is 18.8. The summed E-state index contributed by atoms with van der Waals surface area (Å²) in [6.07, 6.45) is 3.45. The number of para-hydroxylation sites is 1. The van der Waals surface area contributed by atoms with Gasteiger partial charge in [-0.05, 0) is 37.6 Å². The van der Waals surface area contributed by atoms with Crippen molar-refractivity contribution in [3.8, 4) is 11.4 Å². The van der Waals surface area contributed by atoms with E-state index in [0.29, 0.717) is 24.9 Å². The van der Waals surface area contributed by atoms with Crippen LogP contribution >= 0.6 is 11.8 Å². The van der Waals surface area contributed by atoms with Gasteiger partial charge < -0.3 is 9.64 Å². The number of hydrogen-bond donors (Lipinski definition) is 0. The number of carbonyl (C=O) groups is 1. The van der Waals surface area contributed by atoms with Crippen molar-refractivity contribution in [2.45, 2.75) is 25.5 Å². The van der Waals surface area contributed by atoms with Crippen molar-refractivity contribution in [3.05, 3.63) is 54.4 Å². The van der Waals surface area contributed by atoms with Gasteiger partial charge in [0.1, 0.15) is 0 Å². The van der Waals surface area contributed by atoms with E-state index in [1.807, 2.05) is 59.7 Å². The molecule has 0 aliphatic heterocycles. The molecule has 0 saturated heterocycles. The Labute approximate surface area is 175 Å². The van der Waals surface area contributed by atoms with Crippen molar-refractivity contribution in [1.29, 1.82) is 0 Å². The Bertz CT molecular complexity index is 945. The molecule has 0 radical (unpaired) electrons. The second kappa shape index (κ2) is 10.2. The smallest absolute Gasteiger partial charge is 0.237 e. The molecule has 7 nitrogen and oxygen atoms in total. The zero-order valence-electron chi connectivity index (χ0n) is 16.9. The van der Waals surface area contributed by atoms with E-state index >= 15 is 0 Å².